The summed E-state index contributed by atoms with van der Waals surface area (Å²) in [5, 5.41) is 4.14. The van der Waals surface area contributed by atoms with Gasteiger partial charge in [-0.1, -0.05) is 13.0 Å². The Bertz CT molecular complexity index is 623. The van der Waals surface area contributed by atoms with Crippen LogP contribution in [-0.2, 0) is 6.42 Å². The van der Waals surface area contributed by atoms with Crippen molar-refractivity contribution in [2.45, 2.75) is 25.8 Å². The van der Waals surface area contributed by atoms with E-state index < -0.39 is 5.91 Å². The van der Waals surface area contributed by atoms with Crippen LogP contribution in [0.3, 0.4) is 0 Å². The van der Waals surface area contributed by atoms with E-state index in [1.165, 1.54) is 6.20 Å². The molecule has 2 rings (SSSR count). The molecule has 20 heavy (non-hydrogen) atoms. The zero-order valence-corrected chi connectivity index (χ0v) is 12.8. The van der Waals surface area contributed by atoms with Crippen LogP contribution in [0.1, 0.15) is 29.3 Å². The van der Waals surface area contributed by atoms with Crippen molar-refractivity contribution in [1.82, 2.24) is 9.78 Å². The number of amides is 1. The lowest BCUT2D eigenvalue weighted by Gasteiger charge is -2.11. The SMILES string of the molecule is CCC(N)Cc1ccc(-n2cc(C(N)=O)cn2)c(Br)c1. The van der Waals surface area contributed by atoms with Gasteiger partial charge in [0.15, 0.2) is 0 Å². The largest absolute Gasteiger partial charge is 0.366 e. The second kappa shape index (κ2) is 6.19. The van der Waals surface area contributed by atoms with Gasteiger partial charge in [0.1, 0.15) is 0 Å². The van der Waals surface area contributed by atoms with E-state index in [4.69, 9.17) is 11.5 Å². The van der Waals surface area contributed by atoms with Gasteiger partial charge >= 0.3 is 0 Å². The Hall–Kier alpha value is -1.66. The Morgan fingerprint density at radius 1 is 1.50 bits per heavy atom. The number of halogens is 1. The minimum atomic E-state index is -0.488. The molecule has 106 valence electrons. The normalized spacial score (nSPS) is 12.3. The Morgan fingerprint density at radius 3 is 2.80 bits per heavy atom. The zero-order chi connectivity index (χ0) is 14.7. The molecule has 0 saturated heterocycles. The van der Waals surface area contributed by atoms with Crippen LogP contribution in [0, 0.1) is 0 Å². The Balaban J connectivity index is 2.26. The monoisotopic (exact) mass is 336 g/mol. The molecule has 4 N–H and O–H groups in total. The van der Waals surface area contributed by atoms with Crippen molar-refractivity contribution >= 4 is 21.8 Å². The molecule has 1 heterocycles. The molecule has 1 amide bonds. The summed E-state index contributed by atoms with van der Waals surface area (Å²) < 4.78 is 2.52. The lowest BCUT2D eigenvalue weighted by molar-refractivity contribution is 0.100. The average molecular weight is 337 g/mol. The van der Waals surface area contributed by atoms with Crippen LogP contribution >= 0.6 is 15.9 Å². The predicted molar refractivity (Wildman–Crippen MR) is 81.8 cm³/mol. The molecule has 5 nitrogen and oxygen atoms in total. The van der Waals surface area contributed by atoms with Crippen LogP contribution in [-0.4, -0.2) is 21.7 Å². The van der Waals surface area contributed by atoms with Crippen LogP contribution < -0.4 is 11.5 Å². The highest BCUT2D eigenvalue weighted by molar-refractivity contribution is 9.10. The zero-order valence-electron chi connectivity index (χ0n) is 11.2. The lowest BCUT2D eigenvalue weighted by Crippen LogP contribution is -2.21. The second-order valence-electron chi connectivity index (χ2n) is 4.70. The summed E-state index contributed by atoms with van der Waals surface area (Å²) >= 11 is 3.52. The van der Waals surface area contributed by atoms with Gasteiger partial charge < -0.3 is 11.5 Å². The smallest absolute Gasteiger partial charge is 0.251 e. The second-order valence-corrected chi connectivity index (χ2v) is 5.55. The number of hydrogen-bond acceptors (Lipinski definition) is 3. The maximum absolute atomic E-state index is 11.1. The Kier molecular flexibility index (Phi) is 4.57. The first-order chi connectivity index (χ1) is 9.51. The van der Waals surface area contributed by atoms with Crippen molar-refractivity contribution in [3.8, 4) is 5.69 Å². The van der Waals surface area contributed by atoms with E-state index in [-0.39, 0.29) is 6.04 Å². The van der Waals surface area contributed by atoms with Gasteiger partial charge in [-0.25, -0.2) is 4.68 Å². The third kappa shape index (κ3) is 3.26. The van der Waals surface area contributed by atoms with Crippen LogP contribution in [0.15, 0.2) is 35.1 Å². The summed E-state index contributed by atoms with van der Waals surface area (Å²) in [6, 6.07) is 6.15. The fourth-order valence-corrected chi connectivity index (χ4v) is 2.50. The minimum Gasteiger partial charge on any atom is -0.366 e. The van der Waals surface area contributed by atoms with E-state index in [2.05, 4.69) is 28.0 Å². The van der Waals surface area contributed by atoms with Crippen LogP contribution in [0.4, 0.5) is 0 Å². The van der Waals surface area contributed by atoms with Crippen LogP contribution in [0.25, 0.3) is 5.69 Å². The summed E-state index contributed by atoms with van der Waals surface area (Å²) in [7, 11) is 0. The maximum Gasteiger partial charge on any atom is 0.251 e. The van der Waals surface area contributed by atoms with Crippen molar-refractivity contribution in [1.29, 1.82) is 0 Å². The van der Waals surface area contributed by atoms with Gasteiger partial charge in [-0.15, -0.1) is 0 Å². The van der Waals surface area contributed by atoms with E-state index in [1.807, 2.05) is 18.2 Å². The molecule has 1 unspecified atom stereocenters. The highest BCUT2D eigenvalue weighted by Gasteiger charge is 2.09. The van der Waals surface area contributed by atoms with Crippen molar-refractivity contribution in [2.24, 2.45) is 11.5 Å². The first kappa shape index (κ1) is 14.7. The molecule has 1 aromatic heterocycles. The quantitative estimate of drug-likeness (QED) is 0.875. The maximum atomic E-state index is 11.1. The van der Waals surface area contributed by atoms with Gasteiger partial charge in [0.05, 0.1) is 17.4 Å². The highest BCUT2D eigenvalue weighted by Crippen LogP contribution is 2.23. The molecule has 0 bridgehead atoms. The number of benzene rings is 1. The van der Waals surface area contributed by atoms with E-state index in [0.717, 1.165) is 28.6 Å². The molecule has 0 radical (unpaired) electrons. The molecule has 0 fully saturated rings. The molecule has 0 aliphatic carbocycles. The van der Waals surface area contributed by atoms with Gasteiger partial charge in [0, 0.05) is 16.7 Å². The number of nitrogens with zero attached hydrogens (tertiary/aromatic N) is 2. The third-order valence-electron chi connectivity index (χ3n) is 3.15. The molecule has 1 aromatic carbocycles. The van der Waals surface area contributed by atoms with Crippen molar-refractivity contribution in [2.75, 3.05) is 0 Å². The predicted octanol–water partition coefficient (Wildman–Crippen LogP) is 2.01. The molecule has 0 spiro atoms. The van der Waals surface area contributed by atoms with Gasteiger partial charge in [-0.2, -0.15) is 5.10 Å². The van der Waals surface area contributed by atoms with E-state index >= 15 is 0 Å². The minimum absolute atomic E-state index is 0.166. The first-order valence-corrected chi connectivity index (χ1v) is 7.19. The molecular formula is C14H17BrN4O. The third-order valence-corrected chi connectivity index (χ3v) is 3.78. The van der Waals surface area contributed by atoms with Crippen molar-refractivity contribution in [3.05, 3.63) is 46.2 Å². The van der Waals surface area contributed by atoms with Crippen molar-refractivity contribution in [3.63, 3.8) is 0 Å². The molecular weight excluding hydrogens is 320 g/mol. The molecule has 0 aliphatic rings. The van der Waals surface area contributed by atoms with E-state index in [1.54, 1.807) is 10.9 Å². The Morgan fingerprint density at radius 2 is 2.25 bits per heavy atom. The van der Waals surface area contributed by atoms with Crippen LogP contribution in [0.2, 0.25) is 0 Å². The molecule has 0 aliphatic heterocycles. The number of carbonyl (C=O) groups is 1. The summed E-state index contributed by atoms with van der Waals surface area (Å²) in [6.07, 6.45) is 4.84. The number of primary amides is 1. The molecule has 0 saturated carbocycles. The topological polar surface area (TPSA) is 86.9 Å². The number of hydrogen-bond donors (Lipinski definition) is 2. The van der Waals surface area contributed by atoms with E-state index in [0.29, 0.717) is 5.56 Å². The summed E-state index contributed by atoms with van der Waals surface area (Å²) in [5.41, 5.74) is 13.6. The molecule has 6 heteroatoms. The summed E-state index contributed by atoms with van der Waals surface area (Å²) in [6.45, 7) is 2.07. The van der Waals surface area contributed by atoms with Gasteiger partial charge in [0.25, 0.3) is 5.91 Å². The lowest BCUT2D eigenvalue weighted by atomic mass is 10.0. The standard InChI is InChI=1S/C14H17BrN4O/c1-2-11(16)5-9-3-4-13(12(15)6-9)19-8-10(7-18-19)14(17)20/h3-4,6-8,11H,2,5,16H2,1H3,(H2,17,20). The first-order valence-electron chi connectivity index (χ1n) is 6.40. The molecule has 1 atom stereocenters. The Labute approximate surface area is 126 Å². The van der Waals surface area contributed by atoms with Crippen molar-refractivity contribution < 1.29 is 4.79 Å². The van der Waals surface area contributed by atoms with Crippen LogP contribution in [0.5, 0.6) is 0 Å². The summed E-state index contributed by atoms with van der Waals surface area (Å²) in [5.74, 6) is -0.488. The highest BCUT2D eigenvalue weighted by atomic mass is 79.9. The number of carbonyl (C=O) groups excluding carboxylic acids is 1. The summed E-state index contributed by atoms with van der Waals surface area (Å²) in [4.78, 5) is 11.1. The number of rotatable bonds is 5. The van der Waals surface area contributed by atoms with Gasteiger partial charge in [-0.3, -0.25) is 4.79 Å². The molecule has 2 aromatic rings. The number of nitrogens with two attached hydrogens (primary N) is 2. The number of aromatic nitrogens is 2. The fourth-order valence-electron chi connectivity index (χ4n) is 1.89. The van der Waals surface area contributed by atoms with E-state index in [9.17, 15) is 4.79 Å². The van der Waals surface area contributed by atoms with Gasteiger partial charge in [-0.05, 0) is 46.5 Å². The fraction of sp³-hybridized carbons (Fsp3) is 0.286. The van der Waals surface area contributed by atoms with Gasteiger partial charge in [0.2, 0.25) is 0 Å². The average Bonchev–Trinajstić information content (AvgIpc) is 2.88.